The maximum absolute atomic E-state index is 12.9. The van der Waals surface area contributed by atoms with Crippen LogP contribution in [-0.4, -0.2) is 62.5 Å². The number of rotatable bonds is 4. The third kappa shape index (κ3) is 3.99. The third-order valence-corrected chi connectivity index (χ3v) is 5.83. The topological polar surface area (TPSA) is 102 Å². The van der Waals surface area contributed by atoms with Crippen molar-refractivity contribution in [1.29, 1.82) is 0 Å². The molecule has 0 N–H and O–H groups in total. The number of imidazole rings is 1. The number of nitro groups is 1. The van der Waals surface area contributed by atoms with E-state index in [4.69, 9.17) is 9.15 Å². The highest BCUT2D eigenvalue weighted by atomic mass is 19.4. The first-order valence-corrected chi connectivity index (χ1v) is 10.2. The Labute approximate surface area is 185 Å². The Morgan fingerprint density at radius 3 is 2.67 bits per heavy atom. The molecule has 1 atom stereocenters. The molecule has 1 unspecified atom stereocenters. The van der Waals surface area contributed by atoms with E-state index in [1.807, 2.05) is 11.9 Å². The number of nitrogens with zero attached hydrogens (tertiary/aromatic N) is 6. The lowest BCUT2D eigenvalue weighted by atomic mass is 10.1. The molecule has 1 fully saturated rings. The molecule has 4 heterocycles. The van der Waals surface area contributed by atoms with Gasteiger partial charge in [0.05, 0.1) is 18.3 Å². The first-order chi connectivity index (χ1) is 15.6. The SMILES string of the molecule is CC1(N2CCN(N=Cc3cc4cc(C(F)(F)F)ccc4o3)CC2)Cn2cc([N+](=O)[O-])nc2O1. The summed E-state index contributed by atoms with van der Waals surface area (Å²) in [5, 5.41) is 17.5. The van der Waals surface area contributed by atoms with Gasteiger partial charge in [-0.25, -0.2) is 0 Å². The van der Waals surface area contributed by atoms with Gasteiger partial charge in [-0.2, -0.15) is 18.3 Å². The molecule has 3 aromatic rings. The Balaban J connectivity index is 1.20. The molecule has 0 bridgehead atoms. The molecule has 10 nitrogen and oxygen atoms in total. The van der Waals surface area contributed by atoms with Crippen molar-refractivity contribution < 1.29 is 27.2 Å². The van der Waals surface area contributed by atoms with Crippen LogP contribution in [-0.2, 0) is 12.7 Å². The van der Waals surface area contributed by atoms with E-state index < -0.39 is 22.4 Å². The Bertz CT molecular complexity index is 1220. The van der Waals surface area contributed by atoms with Gasteiger partial charge in [-0.15, -0.1) is 0 Å². The Morgan fingerprint density at radius 2 is 2.00 bits per heavy atom. The summed E-state index contributed by atoms with van der Waals surface area (Å²) in [5.74, 6) is 0.122. The number of piperazine rings is 1. The lowest BCUT2D eigenvalue weighted by Crippen LogP contribution is -2.57. The number of furan rings is 1. The molecule has 0 radical (unpaired) electrons. The van der Waals surface area contributed by atoms with Crippen LogP contribution in [0.25, 0.3) is 11.0 Å². The zero-order valence-corrected chi connectivity index (χ0v) is 17.4. The number of benzene rings is 1. The lowest BCUT2D eigenvalue weighted by Gasteiger charge is -2.41. The predicted octanol–water partition coefficient (Wildman–Crippen LogP) is 3.32. The third-order valence-electron chi connectivity index (χ3n) is 5.83. The van der Waals surface area contributed by atoms with E-state index in [1.54, 1.807) is 4.57 Å². The van der Waals surface area contributed by atoms with Gasteiger partial charge in [-0.1, -0.05) is 0 Å². The molecule has 2 aromatic heterocycles. The summed E-state index contributed by atoms with van der Waals surface area (Å²) < 4.78 is 51.8. The van der Waals surface area contributed by atoms with Crippen LogP contribution in [0.4, 0.5) is 19.0 Å². The molecule has 5 rings (SSSR count). The van der Waals surface area contributed by atoms with Crippen molar-refractivity contribution in [3.8, 4) is 6.01 Å². The Hall–Kier alpha value is -3.61. The number of alkyl halides is 3. The summed E-state index contributed by atoms with van der Waals surface area (Å²) in [4.78, 5) is 16.3. The first kappa shape index (κ1) is 21.2. The molecular weight excluding hydrogens is 445 g/mol. The summed E-state index contributed by atoms with van der Waals surface area (Å²) in [5.41, 5.74) is -1.03. The fourth-order valence-corrected chi connectivity index (χ4v) is 4.10. The minimum atomic E-state index is -4.41. The van der Waals surface area contributed by atoms with Gasteiger partial charge in [0.25, 0.3) is 0 Å². The van der Waals surface area contributed by atoms with Gasteiger partial charge in [0, 0.05) is 36.5 Å². The fourth-order valence-electron chi connectivity index (χ4n) is 4.10. The molecule has 1 aromatic carbocycles. The molecule has 2 aliphatic heterocycles. The van der Waals surface area contributed by atoms with E-state index in [9.17, 15) is 23.3 Å². The number of aromatic nitrogens is 2. The van der Waals surface area contributed by atoms with Crippen molar-refractivity contribution in [2.24, 2.45) is 5.10 Å². The highest BCUT2D eigenvalue weighted by Crippen LogP contribution is 2.34. The second-order valence-corrected chi connectivity index (χ2v) is 8.13. The minimum absolute atomic E-state index is 0.225. The molecule has 0 amide bonds. The molecule has 2 aliphatic rings. The van der Waals surface area contributed by atoms with Gasteiger partial charge in [0.15, 0.2) is 5.72 Å². The molecule has 13 heteroatoms. The second kappa shape index (κ2) is 7.47. The molecule has 0 saturated carbocycles. The average molecular weight is 464 g/mol. The molecule has 33 heavy (non-hydrogen) atoms. The van der Waals surface area contributed by atoms with Gasteiger partial charge in [-0.3, -0.25) is 14.5 Å². The highest BCUT2D eigenvalue weighted by Gasteiger charge is 2.45. The van der Waals surface area contributed by atoms with E-state index in [2.05, 4.69) is 15.0 Å². The van der Waals surface area contributed by atoms with Crippen molar-refractivity contribution in [2.75, 3.05) is 26.2 Å². The summed E-state index contributed by atoms with van der Waals surface area (Å²) >= 11 is 0. The standard InChI is InChI=1S/C20H19F3N6O4/c1-19(12-26-11-17(29(30)31)25-18(26)33-19)27-4-6-28(7-5-27)24-10-15-9-13-8-14(20(21,22)23)2-3-16(13)32-15/h2-3,8-11H,4-7,12H2,1H3. The molecule has 0 spiro atoms. The maximum Gasteiger partial charge on any atom is 0.416 e. The van der Waals surface area contributed by atoms with Crippen molar-refractivity contribution in [3.63, 3.8) is 0 Å². The van der Waals surface area contributed by atoms with Crippen LogP contribution < -0.4 is 4.74 Å². The van der Waals surface area contributed by atoms with Gasteiger partial charge < -0.3 is 19.3 Å². The summed E-state index contributed by atoms with van der Waals surface area (Å²) in [7, 11) is 0. The smallest absolute Gasteiger partial charge is 0.416 e. The van der Waals surface area contributed by atoms with Crippen molar-refractivity contribution in [1.82, 2.24) is 19.5 Å². The molecule has 0 aliphatic carbocycles. The Morgan fingerprint density at radius 1 is 1.24 bits per heavy atom. The van der Waals surface area contributed by atoms with Gasteiger partial charge in [0.1, 0.15) is 17.5 Å². The van der Waals surface area contributed by atoms with Crippen molar-refractivity contribution in [3.05, 3.63) is 51.9 Å². The summed E-state index contributed by atoms with van der Waals surface area (Å²) in [6.45, 7) is 4.79. The average Bonchev–Trinajstić information content (AvgIpc) is 3.42. The highest BCUT2D eigenvalue weighted by molar-refractivity contribution is 5.87. The maximum atomic E-state index is 12.9. The number of ether oxygens (including phenoxy) is 1. The van der Waals surface area contributed by atoms with Crippen LogP contribution in [0.1, 0.15) is 18.2 Å². The van der Waals surface area contributed by atoms with E-state index in [-0.39, 0.29) is 11.8 Å². The molecular formula is C20H19F3N6O4. The van der Waals surface area contributed by atoms with E-state index in [0.717, 1.165) is 12.1 Å². The largest absolute Gasteiger partial charge is 0.455 e. The fraction of sp³-hybridized carbons (Fsp3) is 0.400. The van der Waals surface area contributed by atoms with Crippen LogP contribution in [0.15, 0.2) is 40.0 Å². The minimum Gasteiger partial charge on any atom is -0.455 e. The van der Waals surface area contributed by atoms with Gasteiger partial charge >= 0.3 is 18.0 Å². The van der Waals surface area contributed by atoms with E-state index in [1.165, 1.54) is 24.5 Å². The number of fused-ring (bicyclic) bond motifs is 2. The zero-order chi connectivity index (χ0) is 23.4. The van der Waals surface area contributed by atoms with E-state index >= 15 is 0 Å². The molecule has 174 valence electrons. The second-order valence-electron chi connectivity index (χ2n) is 8.13. The number of hydrogen-bond donors (Lipinski definition) is 0. The summed E-state index contributed by atoms with van der Waals surface area (Å²) in [6.07, 6.45) is -1.55. The first-order valence-electron chi connectivity index (χ1n) is 10.2. The van der Waals surface area contributed by atoms with Crippen molar-refractivity contribution >= 4 is 23.0 Å². The molecule has 1 saturated heterocycles. The number of hydrogen-bond acceptors (Lipinski definition) is 8. The quantitative estimate of drug-likeness (QED) is 0.332. The predicted molar refractivity (Wildman–Crippen MR) is 110 cm³/mol. The van der Waals surface area contributed by atoms with Gasteiger partial charge in [0.2, 0.25) is 0 Å². The van der Waals surface area contributed by atoms with E-state index in [0.29, 0.717) is 49.5 Å². The summed E-state index contributed by atoms with van der Waals surface area (Å²) in [6, 6.07) is 5.09. The van der Waals surface area contributed by atoms with Crippen LogP contribution in [0.3, 0.4) is 0 Å². The zero-order valence-electron chi connectivity index (χ0n) is 17.4. The van der Waals surface area contributed by atoms with Crippen LogP contribution >= 0.6 is 0 Å². The lowest BCUT2D eigenvalue weighted by molar-refractivity contribution is -0.389. The monoisotopic (exact) mass is 464 g/mol. The van der Waals surface area contributed by atoms with Crippen LogP contribution in [0, 0.1) is 10.1 Å². The number of hydrazone groups is 1. The van der Waals surface area contributed by atoms with Crippen LogP contribution in [0.5, 0.6) is 6.01 Å². The normalized spacial score (nSPS) is 21.6. The number of halogens is 3. The van der Waals surface area contributed by atoms with Crippen molar-refractivity contribution in [2.45, 2.75) is 25.4 Å². The Kier molecular flexibility index (Phi) is 4.81. The van der Waals surface area contributed by atoms with Gasteiger partial charge in [-0.05, 0) is 36.1 Å². The van der Waals surface area contributed by atoms with Crippen LogP contribution in [0.2, 0.25) is 0 Å².